The maximum Gasteiger partial charge on any atom is 0.220 e. The van der Waals surface area contributed by atoms with Gasteiger partial charge in [-0.3, -0.25) is 4.98 Å². The van der Waals surface area contributed by atoms with Gasteiger partial charge in [0.2, 0.25) is 5.69 Å². The Bertz CT molecular complexity index is 1220. The summed E-state index contributed by atoms with van der Waals surface area (Å²) >= 11 is 0. The van der Waals surface area contributed by atoms with Crippen molar-refractivity contribution in [2.75, 3.05) is 0 Å². The van der Waals surface area contributed by atoms with Crippen LogP contribution in [0.2, 0.25) is 0 Å². The van der Waals surface area contributed by atoms with Gasteiger partial charge in [0.1, 0.15) is 7.05 Å². The second-order valence-corrected chi connectivity index (χ2v) is 8.10. The number of nitrogens with zero attached hydrogens (tertiary/aromatic N) is 2. The fourth-order valence-electron chi connectivity index (χ4n) is 4.60. The van der Waals surface area contributed by atoms with Crippen LogP contribution in [0.25, 0.3) is 33.2 Å². The Balaban J connectivity index is 1.86. The van der Waals surface area contributed by atoms with Gasteiger partial charge in [0.25, 0.3) is 0 Å². The maximum absolute atomic E-state index is 4.72. The molecule has 4 aromatic rings. The smallest absolute Gasteiger partial charge is 0.220 e. The highest BCUT2D eigenvalue weighted by Gasteiger charge is 2.37. The molecule has 0 spiro atoms. The number of rotatable bonds is 1. The average molecular weight is 351 g/mol. The fraction of sp³-hybridized carbons (Fsp3) is 0.200. The Kier molecular flexibility index (Phi) is 3.30. The second-order valence-electron chi connectivity index (χ2n) is 8.10. The van der Waals surface area contributed by atoms with Crippen LogP contribution < -0.4 is 4.57 Å². The number of fused-ring (bicyclic) bond motifs is 4. The SMILES string of the molecule is Cc1cc2c(cc1-c1c3ccccc3cc[n+]1C)-c1cccnc1C2(C)C. The van der Waals surface area contributed by atoms with Gasteiger partial charge in [-0.15, -0.1) is 0 Å². The van der Waals surface area contributed by atoms with E-state index >= 15 is 0 Å². The molecule has 2 aromatic heterocycles. The minimum absolute atomic E-state index is 0.0594. The number of benzene rings is 2. The molecule has 0 N–H and O–H groups in total. The number of aryl methyl sites for hydroxylation is 2. The van der Waals surface area contributed by atoms with Crippen LogP contribution in [0.1, 0.15) is 30.7 Å². The first-order valence-corrected chi connectivity index (χ1v) is 9.47. The van der Waals surface area contributed by atoms with Crippen molar-refractivity contribution >= 4 is 10.8 Å². The molecule has 0 saturated heterocycles. The first-order chi connectivity index (χ1) is 13.0. The van der Waals surface area contributed by atoms with Gasteiger partial charge in [0, 0.05) is 23.2 Å². The summed E-state index contributed by atoms with van der Waals surface area (Å²) in [6.45, 7) is 6.78. The molecular formula is C25H23N2+. The van der Waals surface area contributed by atoms with Crippen LogP contribution in [0.4, 0.5) is 0 Å². The van der Waals surface area contributed by atoms with E-state index in [0.29, 0.717) is 0 Å². The van der Waals surface area contributed by atoms with Crippen molar-refractivity contribution in [1.29, 1.82) is 0 Å². The Morgan fingerprint density at radius 3 is 2.56 bits per heavy atom. The number of hydrogen-bond acceptors (Lipinski definition) is 1. The Morgan fingerprint density at radius 2 is 1.70 bits per heavy atom. The average Bonchev–Trinajstić information content (AvgIpc) is 2.89. The summed E-state index contributed by atoms with van der Waals surface area (Å²) in [7, 11) is 2.13. The lowest BCUT2D eigenvalue weighted by molar-refractivity contribution is -0.659. The van der Waals surface area contributed by atoms with E-state index in [9.17, 15) is 0 Å². The van der Waals surface area contributed by atoms with E-state index in [1.165, 1.54) is 50.0 Å². The van der Waals surface area contributed by atoms with Crippen LogP contribution in [0.3, 0.4) is 0 Å². The highest BCUT2D eigenvalue weighted by atomic mass is 14.9. The van der Waals surface area contributed by atoms with Gasteiger partial charge >= 0.3 is 0 Å². The number of pyridine rings is 2. The van der Waals surface area contributed by atoms with Crippen LogP contribution in [-0.2, 0) is 12.5 Å². The zero-order chi connectivity index (χ0) is 18.8. The molecule has 132 valence electrons. The molecule has 2 nitrogen and oxygen atoms in total. The molecule has 0 fully saturated rings. The molecule has 5 rings (SSSR count). The van der Waals surface area contributed by atoms with E-state index in [-0.39, 0.29) is 5.41 Å². The lowest BCUT2D eigenvalue weighted by Gasteiger charge is -2.21. The Hall–Kier alpha value is -3.00. The van der Waals surface area contributed by atoms with Crippen LogP contribution >= 0.6 is 0 Å². The quantitative estimate of drug-likeness (QED) is 0.423. The van der Waals surface area contributed by atoms with Crippen molar-refractivity contribution in [3.63, 3.8) is 0 Å². The molecular weight excluding hydrogens is 328 g/mol. The summed E-state index contributed by atoms with van der Waals surface area (Å²) < 4.78 is 2.24. The molecule has 2 heterocycles. The molecule has 0 bridgehead atoms. The van der Waals surface area contributed by atoms with Crippen LogP contribution in [-0.4, -0.2) is 4.98 Å². The van der Waals surface area contributed by atoms with E-state index in [0.717, 1.165) is 0 Å². The molecule has 1 aliphatic rings. The van der Waals surface area contributed by atoms with Gasteiger partial charge in [-0.1, -0.05) is 44.2 Å². The summed E-state index contributed by atoms with van der Waals surface area (Å²) in [5.74, 6) is 0. The lowest BCUT2D eigenvalue weighted by atomic mass is 9.83. The molecule has 2 heteroatoms. The van der Waals surface area contributed by atoms with Crippen LogP contribution in [0.5, 0.6) is 0 Å². The molecule has 2 aromatic carbocycles. The summed E-state index contributed by atoms with van der Waals surface area (Å²) in [4.78, 5) is 4.72. The number of hydrogen-bond donors (Lipinski definition) is 0. The zero-order valence-corrected chi connectivity index (χ0v) is 16.2. The molecule has 0 unspecified atom stereocenters. The van der Waals surface area contributed by atoms with Gasteiger partial charge < -0.3 is 0 Å². The normalized spacial score (nSPS) is 14.2. The zero-order valence-electron chi connectivity index (χ0n) is 16.2. The molecule has 0 atom stereocenters. The fourth-order valence-corrected chi connectivity index (χ4v) is 4.60. The van der Waals surface area contributed by atoms with Gasteiger partial charge in [-0.05, 0) is 47.2 Å². The molecule has 0 aliphatic heterocycles. The largest absolute Gasteiger partial charge is 0.260 e. The van der Waals surface area contributed by atoms with Crippen LogP contribution in [0, 0.1) is 6.92 Å². The van der Waals surface area contributed by atoms with Gasteiger partial charge in [-0.25, -0.2) is 4.57 Å². The Morgan fingerprint density at radius 1 is 0.889 bits per heavy atom. The van der Waals surface area contributed by atoms with Gasteiger partial charge in [0.05, 0.1) is 16.6 Å². The number of aromatic nitrogens is 2. The predicted octanol–water partition coefficient (Wildman–Crippen LogP) is 5.34. The summed E-state index contributed by atoms with van der Waals surface area (Å²) in [5.41, 5.74) is 8.94. The monoisotopic (exact) mass is 351 g/mol. The lowest BCUT2D eigenvalue weighted by Crippen LogP contribution is -2.30. The maximum atomic E-state index is 4.72. The van der Waals surface area contributed by atoms with Crippen LogP contribution in [0.15, 0.2) is 67.0 Å². The van der Waals surface area contributed by atoms with Crippen molar-refractivity contribution in [1.82, 2.24) is 4.98 Å². The van der Waals surface area contributed by atoms with E-state index in [4.69, 9.17) is 4.98 Å². The summed E-state index contributed by atoms with van der Waals surface area (Å²) in [5, 5.41) is 2.56. The van der Waals surface area contributed by atoms with E-state index in [1.807, 2.05) is 12.3 Å². The third-order valence-electron chi connectivity index (χ3n) is 6.03. The molecule has 27 heavy (non-hydrogen) atoms. The summed E-state index contributed by atoms with van der Waals surface area (Å²) in [6, 6.07) is 19.8. The summed E-state index contributed by atoms with van der Waals surface area (Å²) in [6.07, 6.45) is 4.06. The van der Waals surface area contributed by atoms with Crippen molar-refractivity contribution in [2.24, 2.45) is 7.05 Å². The van der Waals surface area contributed by atoms with Gasteiger partial charge in [0.15, 0.2) is 6.20 Å². The molecule has 0 amide bonds. The van der Waals surface area contributed by atoms with Crippen molar-refractivity contribution in [3.8, 4) is 22.4 Å². The van der Waals surface area contributed by atoms with E-state index in [1.54, 1.807) is 0 Å². The molecule has 0 saturated carbocycles. The molecule has 1 aliphatic carbocycles. The Labute approximate surface area is 160 Å². The van der Waals surface area contributed by atoms with E-state index < -0.39 is 0 Å². The highest BCUT2D eigenvalue weighted by molar-refractivity contribution is 5.95. The van der Waals surface area contributed by atoms with Crippen molar-refractivity contribution in [3.05, 3.63) is 83.8 Å². The van der Waals surface area contributed by atoms with Gasteiger partial charge in [-0.2, -0.15) is 0 Å². The topological polar surface area (TPSA) is 16.8 Å². The third kappa shape index (κ3) is 2.19. The first kappa shape index (κ1) is 16.2. The highest BCUT2D eigenvalue weighted by Crippen LogP contribution is 2.49. The minimum atomic E-state index is -0.0594. The standard InChI is InChI=1S/C25H23N2/c1-16-14-22-21(19-10-7-12-26-24(19)25(22,2)3)15-20(16)23-18-9-6-5-8-17(18)11-13-27(23)4/h5-15H,1-4H3/q+1. The first-order valence-electron chi connectivity index (χ1n) is 9.47. The minimum Gasteiger partial charge on any atom is -0.260 e. The van der Waals surface area contributed by atoms with E-state index in [2.05, 4.69) is 87.1 Å². The third-order valence-corrected chi connectivity index (χ3v) is 6.03. The van der Waals surface area contributed by atoms with Crippen molar-refractivity contribution in [2.45, 2.75) is 26.2 Å². The second kappa shape index (κ2) is 5.50. The molecule has 0 radical (unpaired) electrons. The predicted molar refractivity (Wildman–Crippen MR) is 111 cm³/mol. The van der Waals surface area contributed by atoms with Crippen molar-refractivity contribution < 1.29 is 4.57 Å².